The highest BCUT2D eigenvalue weighted by Crippen LogP contribution is 2.24. The number of benzene rings is 2. The first-order valence-corrected chi connectivity index (χ1v) is 10.9. The number of hydrogen-bond donors (Lipinski definition) is 1. The number of rotatable bonds is 11. The molecule has 0 radical (unpaired) electrons. The van der Waals surface area contributed by atoms with E-state index in [1.807, 2.05) is 31.2 Å². The summed E-state index contributed by atoms with van der Waals surface area (Å²) in [5.74, 6) is 1.09. The molecule has 1 unspecified atom stereocenters. The molecule has 0 aliphatic rings. The minimum absolute atomic E-state index is 0.150. The summed E-state index contributed by atoms with van der Waals surface area (Å²) in [5, 5.41) is 3.73. The zero-order chi connectivity index (χ0) is 22.8. The molecule has 2 aromatic carbocycles. The minimum Gasteiger partial charge on any atom is -0.497 e. The first kappa shape index (κ1) is 24.8. The molecule has 0 fully saturated rings. The van der Waals surface area contributed by atoms with E-state index in [4.69, 9.17) is 32.7 Å². The van der Waals surface area contributed by atoms with Gasteiger partial charge in [0.15, 0.2) is 0 Å². The largest absolute Gasteiger partial charge is 0.497 e. The fourth-order valence-corrected chi connectivity index (χ4v) is 3.44. The van der Waals surface area contributed by atoms with Gasteiger partial charge in [-0.25, -0.2) is 0 Å². The van der Waals surface area contributed by atoms with E-state index in [1.165, 1.54) is 4.90 Å². The summed E-state index contributed by atoms with van der Waals surface area (Å²) in [7, 11) is 1.60. The van der Waals surface area contributed by atoms with Crippen molar-refractivity contribution in [2.24, 2.45) is 0 Å². The maximum atomic E-state index is 13.0. The predicted molar refractivity (Wildman–Crippen MR) is 123 cm³/mol. The van der Waals surface area contributed by atoms with E-state index >= 15 is 0 Å². The van der Waals surface area contributed by atoms with Crippen LogP contribution >= 0.6 is 23.2 Å². The van der Waals surface area contributed by atoms with E-state index in [-0.39, 0.29) is 24.8 Å². The van der Waals surface area contributed by atoms with Gasteiger partial charge in [-0.1, -0.05) is 29.3 Å². The molecular formula is C23H28Cl2N2O4. The van der Waals surface area contributed by atoms with Crippen LogP contribution in [0, 0.1) is 0 Å². The maximum absolute atomic E-state index is 13.0. The fraction of sp³-hybridized carbons (Fsp3) is 0.391. The summed E-state index contributed by atoms with van der Waals surface area (Å²) < 4.78 is 10.8. The Bertz CT molecular complexity index is 874. The van der Waals surface area contributed by atoms with Crippen LogP contribution in [-0.4, -0.2) is 43.0 Å². The smallest absolute Gasteiger partial charge is 0.242 e. The van der Waals surface area contributed by atoms with Crippen LogP contribution < -0.4 is 14.8 Å². The quantitative estimate of drug-likeness (QED) is 0.486. The highest BCUT2D eigenvalue weighted by atomic mass is 35.5. The van der Waals surface area contributed by atoms with E-state index in [0.29, 0.717) is 35.4 Å². The Morgan fingerprint density at radius 3 is 2.39 bits per heavy atom. The van der Waals surface area contributed by atoms with Gasteiger partial charge in [0.05, 0.1) is 13.7 Å². The Labute approximate surface area is 193 Å². The molecule has 0 saturated carbocycles. The summed E-state index contributed by atoms with van der Waals surface area (Å²) in [6, 6.07) is 11.7. The Morgan fingerprint density at radius 1 is 1.10 bits per heavy atom. The van der Waals surface area contributed by atoms with Crippen molar-refractivity contribution < 1.29 is 19.1 Å². The first-order valence-electron chi connectivity index (χ1n) is 10.1. The van der Waals surface area contributed by atoms with E-state index in [9.17, 15) is 9.59 Å². The number of nitrogens with one attached hydrogen (secondary N) is 1. The van der Waals surface area contributed by atoms with Crippen molar-refractivity contribution >= 4 is 35.0 Å². The zero-order valence-corrected chi connectivity index (χ0v) is 19.5. The van der Waals surface area contributed by atoms with Crippen molar-refractivity contribution in [3.05, 3.63) is 58.1 Å². The minimum atomic E-state index is -0.637. The second-order valence-corrected chi connectivity index (χ2v) is 7.80. The number of ether oxygens (including phenoxy) is 2. The molecule has 2 rings (SSSR count). The molecule has 6 nitrogen and oxygen atoms in total. The summed E-state index contributed by atoms with van der Waals surface area (Å²) in [6.45, 7) is 4.63. The average molecular weight is 467 g/mol. The Hall–Kier alpha value is -2.44. The number of halogens is 2. The number of hydrogen-bond acceptors (Lipinski definition) is 4. The van der Waals surface area contributed by atoms with E-state index in [1.54, 1.807) is 32.2 Å². The molecule has 0 bridgehead atoms. The number of likely N-dealkylation sites (N-methyl/N-ethyl adjacent to an activating group) is 1. The van der Waals surface area contributed by atoms with Gasteiger partial charge < -0.3 is 19.7 Å². The van der Waals surface area contributed by atoms with Crippen LogP contribution in [0.4, 0.5) is 0 Å². The van der Waals surface area contributed by atoms with Crippen molar-refractivity contribution in [1.29, 1.82) is 0 Å². The molecule has 1 N–H and O–H groups in total. The number of methoxy groups -OCH3 is 1. The van der Waals surface area contributed by atoms with Gasteiger partial charge in [0, 0.05) is 29.6 Å². The van der Waals surface area contributed by atoms with Gasteiger partial charge in [0.2, 0.25) is 11.8 Å². The predicted octanol–water partition coefficient (Wildman–Crippen LogP) is 4.71. The fourth-order valence-electron chi connectivity index (χ4n) is 2.97. The van der Waals surface area contributed by atoms with Crippen LogP contribution in [0.15, 0.2) is 42.5 Å². The SMILES string of the molecule is CCNC(=O)C(C)N(Cc1ccc(Cl)cc1Cl)C(=O)CCCOc1ccc(OC)cc1. The first-order chi connectivity index (χ1) is 14.8. The molecular weight excluding hydrogens is 439 g/mol. The van der Waals surface area contributed by atoms with E-state index < -0.39 is 6.04 Å². The topological polar surface area (TPSA) is 67.9 Å². The Kier molecular flexibility index (Phi) is 9.95. The molecule has 8 heteroatoms. The van der Waals surface area contributed by atoms with Crippen LogP contribution in [0.3, 0.4) is 0 Å². The molecule has 2 aromatic rings. The number of nitrogens with zero attached hydrogens (tertiary/aromatic N) is 1. The van der Waals surface area contributed by atoms with Crippen molar-refractivity contribution in [3.63, 3.8) is 0 Å². The number of carbonyl (C=O) groups excluding carboxylic acids is 2. The van der Waals surface area contributed by atoms with Crippen LogP contribution in [0.2, 0.25) is 10.0 Å². The third-order valence-corrected chi connectivity index (χ3v) is 5.32. The molecule has 168 valence electrons. The molecule has 1 atom stereocenters. The van der Waals surface area contributed by atoms with E-state index in [0.717, 1.165) is 11.3 Å². The van der Waals surface area contributed by atoms with Crippen molar-refractivity contribution in [3.8, 4) is 11.5 Å². The van der Waals surface area contributed by atoms with Crippen LogP contribution in [0.1, 0.15) is 32.3 Å². The third kappa shape index (κ3) is 7.64. The molecule has 2 amide bonds. The third-order valence-electron chi connectivity index (χ3n) is 4.74. The normalized spacial score (nSPS) is 11.5. The second kappa shape index (κ2) is 12.4. The highest BCUT2D eigenvalue weighted by molar-refractivity contribution is 6.35. The summed E-state index contributed by atoms with van der Waals surface area (Å²) in [4.78, 5) is 26.9. The molecule has 0 spiro atoms. The molecule has 0 aliphatic carbocycles. The summed E-state index contributed by atoms with van der Waals surface area (Å²) in [6.07, 6.45) is 0.753. The standard InChI is InChI=1S/C23H28Cl2N2O4/c1-4-26-23(29)16(2)27(15-17-7-8-18(24)14-21(17)25)22(28)6-5-13-31-20-11-9-19(30-3)10-12-20/h7-12,14,16H,4-6,13,15H2,1-3H3,(H,26,29). The lowest BCUT2D eigenvalue weighted by Gasteiger charge is -2.29. The van der Waals surface area contributed by atoms with Gasteiger partial charge >= 0.3 is 0 Å². The molecule has 0 aliphatic heterocycles. The van der Waals surface area contributed by atoms with E-state index in [2.05, 4.69) is 5.32 Å². The lowest BCUT2D eigenvalue weighted by Crippen LogP contribution is -2.47. The summed E-state index contributed by atoms with van der Waals surface area (Å²) in [5.41, 5.74) is 0.727. The highest BCUT2D eigenvalue weighted by Gasteiger charge is 2.26. The van der Waals surface area contributed by atoms with Gasteiger partial charge in [0.25, 0.3) is 0 Å². The van der Waals surface area contributed by atoms with Crippen LogP contribution in [0.5, 0.6) is 11.5 Å². The van der Waals surface area contributed by atoms with Gasteiger partial charge in [0.1, 0.15) is 17.5 Å². The number of amides is 2. The van der Waals surface area contributed by atoms with Crippen LogP contribution in [0.25, 0.3) is 0 Å². The number of carbonyl (C=O) groups is 2. The van der Waals surface area contributed by atoms with Gasteiger partial charge in [-0.3, -0.25) is 9.59 Å². The van der Waals surface area contributed by atoms with Gasteiger partial charge in [-0.2, -0.15) is 0 Å². The molecule has 0 aromatic heterocycles. The summed E-state index contributed by atoms with van der Waals surface area (Å²) >= 11 is 12.3. The molecule has 0 heterocycles. The Morgan fingerprint density at radius 2 is 1.77 bits per heavy atom. The molecule has 31 heavy (non-hydrogen) atoms. The van der Waals surface area contributed by atoms with Crippen molar-refractivity contribution in [1.82, 2.24) is 10.2 Å². The molecule has 0 saturated heterocycles. The lowest BCUT2D eigenvalue weighted by atomic mass is 10.1. The lowest BCUT2D eigenvalue weighted by molar-refractivity contribution is -0.140. The zero-order valence-electron chi connectivity index (χ0n) is 18.0. The van der Waals surface area contributed by atoms with Crippen molar-refractivity contribution in [2.45, 2.75) is 39.3 Å². The maximum Gasteiger partial charge on any atom is 0.242 e. The second-order valence-electron chi connectivity index (χ2n) is 6.96. The van der Waals surface area contributed by atoms with Gasteiger partial charge in [-0.05, 0) is 62.2 Å². The average Bonchev–Trinajstić information content (AvgIpc) is 2.76. The van der Waals surface area contributed by atoms with Crippen molar-refractivity contribution in [2.75, 3.05) is 20.3 Å². The monoisotopic (exact) mass is 466 g/mol. The van der Waals surface area contributed by atoms with Gasteiger partial charge in [-0.15, -0.1) is 0 Å². The van der Waals surface area contributed by atoms with Crippen LogP contribution in [-0.2, 0) is 16.1 Å². The Balaban J connectivity index is 2.00.